The second-order valence-electron chi connectivity index (χ2n) is 4.64. The van der Waals surface area contributed by atoms with Crippen LogP contribution in [0, 0.1) is 0 Å². The Labute approximate surface area is 124 Å². The highest BCUT2D eigenvalue weighted by Crippen LogP contribution is 2.24. The third-order valence-corrected chi connectivity index (χ3v) is 2.93. The number of benzene rings is 2. The van der Waals surface area contributed by atoms with E-state index in [0.717, 1.165) is 12.0 Å². The van der Waals surface area contributed by atoms with Crippen molar-refractivity contribution in [1.82, 2.24) is 0 Å². The van der Waals surface area contributed by atoms with Crippen molar-refractivity contribution in [1.29, 1.82) is 0 Å². The Morgan fingerprint density at radius 2 is 1.95 bits per heavy atom. The van der Waals surface area contributed by atoms with Crippen molar-refractivity contribution in [2.45, 2.75) is 13.3 Å². The fourth-order valence-corrected chi connectivity index (χ4v) is 1.86. The first kappa shape index (κ1) is 14.9. The molecule has 2 rings (SSSR count). The average molecular weight is 282 g/mol. The Morgan fingerprint density at radius 1 is 1.19 bits per heavy atom. The number of phenolic OH excluding ortho intramolecular Hbond substituents is 1. The minimum atomic E-state index is -0.238. The molecule has 0 bridgehead atoms. The lowest BCUT2D eigenvalue weighted by Gasteiger charge is -2.06. The van der Waals surface area contributed by atoms with E-state index < -0.39 is 0 Å². The number of ketones is 1. The summed E-state index contributed by atoms with van der Waals surface area (Å²) in [6, 6.07) is 14.3. The summed E-state index contributed by atoms with van der Waals surface area (Å²) < 4.78 is 5.41. The third-order valence-electron chi connectivity index (χ3n) is 2.93. The van der Waals surface area contributed by atoms with Crippen molar-refractivity contribution in [2.24, 2.45) is 0 Å². The molecular formula is C18H18O3. The Morgan fingerprint density at radius 3 is 2.62 bits per heavy atom. The van der Waals surface area contributed by atoms with Crippen LogP contribution in [-0.2, 0) is 0 Å². The van der Waals surface area contributed by atoms with E-state index >= 15 is 0 Å². The summed E-state index contributed by atoms with van der Waals surface area (Å²) in [7, 11) is 0. The van der Waals surface area contributed by atoms with Crippen LogP contribution in [0.5, 0.6) is 11.5 Å². The smallest absolute Gasteiger partial charge is 0.189 e. The maximum atomic E-state index is 12.1. The molecule has 0 radical (unpaired) electrons. The van der Waals surface area contributed by atoms with E-state index in [0.29, 0.717) is 12.4 Å². The van der Waals surface area contributed by atoms with Gasteiger partial charge in [-0.05, 0) is 30.2 Å². The predicted octanol–water partition coefficient (Wildman–Crippen LogP) is 4.08. The summed E-state index contributed by atoms with van der Waals surface area (Å²) in [6.45, 7) is 2.59. The highest BCUT2D eigenvalue weighted by molar-refractivity contribution is 6.08. The summed E-state index contributed by atoms with van der Waals surface area (Å²) >= 11 is 0. The van der Waals surface area contributed by atoms with Crippen LogP contribution in [-0.4, -0.2) is 17.5 Å². The van der Waals surface area contributed by atoms with Gasteiger partial charge >= 0.3 is 0 Å². The highest BCUT2D eigenvalue weighted by atomic mass is 16.5. The molecule has 0 aromatic heterocycles. The molecule has 108 valence electrons. The number of carbonyl (C=O) groups is 1. The summed E-state index contributed by atoms with van der Waals surface area (Å²) in [5.41, 5.74) is 1.21. The monoisotopic (exact) mass is 282 g/mol. The first-order valence-corrected chi connectivity index (χ1v) is 6.94. The zero-order valence-electron chi connectivity index (χ0n) is 12.0. The van der Waals surface area contributed by atoms with Crippen molar-refractivity contribution < 1.29 is 14.6 Å². The molecule has 0 spiro atoms. The second-order valence-corrected chi connectivity index (χ2v) is 4.64. The first-order chi connectivity index (χ1) is 10.2. The van der Waals surface area contributed by atoms with E-state index in [1.54, 1.807) is 18.2 Å². The van der Waals surface area contributed by atoms with E-state index in [1.165, 1.54) is 12.1 Å². The molecule has 1 N–H and O–H groups in total. The van der Waals surface area contributed by atoms with E-state index in [9.17, 15) is 9.90 Å². The minimum absolute atomic E-state index is 0.0636. The molecule has 0 aliphatic carbocycles. The van der Waals surface area contributed by atoms with E-state index in [-0.39, 0.29) is 17.1 Å². The molecule has 0 fully saturated rings. The molecule has 0 aliphatic heterocycles. The standard InChI is InChI=1S/C18H18O3/c1-2-12-21-15-9-10-16(18(20)13-15)17(19)11-8-14-6-4-3-5-7-14/h3-11,13,20H,2,12H2,1H3/b11-8+. The Hall–Kier alpha value is -2.55. The van der Waals surface area contributed by atoms with Gasteiger partial charge in [-0.25, -0.2) is 0 Å². The SMILES string of the molecule is CCCOc1ccc(C(=O)/C=C/c2ccccc2)c(O)c1. The van der Waals surface area contributed by atoms with Crippen molar-refractivity contribution in [3.8, 4) is 11.5 Å². The average Bonchev–Trinajstić information content (AvgIpc) is 2.51. The van der Waals surface area contributed by atoms with Gasteiger partial charge in [0.15, 0.2) is 5.78 Å². The quantitative estimate of drug-likeness (QED) is 0.641. The fourth-order valence-electron chi connectivity index (χ4n) is 1.86. The maximum absolute atomic E-state index is 12.1. The van der Waals surface area contributed by atoms with Gasteiger partial charge in [-0.2, -0.15) is 0 Å². The lowest BCUT2D eigenvalue weighted by atomic mass is 10.1. The van der Waals surface area contributed by atoms with Crippen LogP contribution in [0.3, 0.4) is 0 Å². The van der Waals surface area contributed by atoms with E-state index in [2.05, 4.69) is 0 Å². The van der Waals surface area contributed by atoms with Crippen LogP contribution < -0.4 is 4.74 Å². The van der Waals surface area contributed by atoms with Gasteiger partial charge in [0.25, 0.3) is 0 Å². The highest BCUT2D eigenvalue weighted by Gasteiger charge is 2.09. The van der Waals surface area contributed by atoms with E-state index in [1.807, 2.05) is 37.3 Å². The predicted molar refractivity (Wildman–Crippen MR) is 83.7 cm³/mol. The van der Waals surface area contributed by atoms with Gasteiger partial charge in [-0.15, -0.1) is 0 Å². The Bertz CT molecular complexity index is 630. The van der Waals surface area contributed by atoms with Gasteiger partial charge in [-0.1, -0.05) is 43.3 Å². The molecule has 0 aliphatic rings. The molecule has 0 saturated heterocycles. The van der Waals surface area contributed by atoms with Crippen LogP contribution in [0.15, 0.2) is 54.6 Å². The zero-order chi connectivity index (χ0) is 15.1. The summed E-state index contributed by atoms with van der Waals surface area (Å²) in [6.07, 6.45) is 4.07. The number of aromatic hydroxyl groups is 1. The van der Waals surface area contributed by atoms with Crippen LogP contribution in [0.4, 0.5) is 0 Å². The van der Waals surface area contributed by atoms with Gasteiger partial charge in [0, 0.05) is 6.07 Å². The molecule has 3 nitrogen and oxygen atoms in total. The van der Waals surface area contributed by atoms with Crippen LogP contribution in [0.1, 0.15) is 29.3 Å². The Kier molecular flexibility index (Phi) is 5.16. The summed E-state index contributed by atoms with van der Waals surface area (Å²) in [5.74, 6) is 0.266. The number of rotatable bonds is 6. The van der Waals surface area contributed by atoms with Crippen molar-refractivity contribution in [3.05, 3.63) is 65.7 Å². The molecule has 0 saturated carbocycles. The van der Waals surface area contributed by atoms with Crippen molar-refractivity contribution in [3.63, 3.8) is 0 Å². The normalized spacial score (nSPS) is 10.7. The van der Waals surface area contributed by atoms with Crippen molar-refractivity contribution >= 4 is 11.9 Å². The maximum Gasteiger partial charge on any atom is 0.189 e. The first-order valence-electron chi connectivity index (χ1n) is 6.94. The largest absolute Gasteiger partial charge is 0.507 e. The van der Waals surface area contributed by atoms with Gasteiger partial charge in [-0.3, -0.25) is 4.79 Å². The molecule has 0 unspecified atom stereocenters. The summed E-state index contributed by atoms with van der Waals surface area (Å²) in [4.78, 5) is 12.1. The number of phenols is 1. The van der Waals surface area contributed by atoms with Gasteiger partial charge in [0.1, 0.15) is 11.5 Å². The molecule has 2 aromatic carbocycles. The number of carbonyl (C=O) groups excluding carboxylic acids is 1. The second kappa shape index (κ2) is 7.29. The number of hydrogen-bond donors (Lipinski definition) is 1. The molecule has 0 amide bonds. The van der Waals surface area contributed by atoms with Crippen LogP contribution in [0.25, 0.3) is 6.08 Å². The molecular weight excluding hydrogens is 264 g/mol. The van der Waals surface area contributed by atoms with Crippen LogP contribution >= 0.6 is 0 Å². The van der Waals surface area contributed by atoms with Crippen molar-refractivity contribution in [2.75, 3.05) is 6.61 Å². The molecule has 21 heavy (non-hydrogen) atoms. The topological polar surface area (TPSA) is 46.5 Å². The number of allylic oxidation sites excluding steroid dienone is 1. The molecule has 3 heteroatoms. The lowest BCUT2D eigenvalue weighted by molar-refractivity contribution is 0.104. The van der Waals surface area contributed by atoms with Gasteiger partial charge in [0.05, 0.1) is 12.2 Å². The van der Waals surface area contributed by atoms with E-state index in [4.69, 9.17) is 4.74 Å². The number of ether oxygens (including phenoxy) is 1. The summed E-state index contributed by atoms with van der Waals surface area (Å²) in [5, 5.41) is 9.92. The van der Waals surface area contributed by atoms with Gasteiger partial charge < -0.3 is 9.84 Å². The van der Waals surface area contributed by atoms with Gasteiger partial charge in [0.2, 0.25) is 0 Å². The Balaban J connectivity index is 2.10. The molecule has 0 heterocycles. The number of hydrogen-bond acceptors (Lipinski definition) is 3. The minimum Gasteiger partial charge on any atom is -0.507 e. The third kappa shape index (κ3) is 4.21. The zero-order valence-corrected chi connectivity index (χ0v) is 12.0. The lowest BCUT2D eigenvalue weighted by Crippen LogP contribution is -1.98. The fraction of sp³-hybridized carbons (Fsp3) is 0.167. The molecule has 2 aromatic rings. The van der Waals surface area contributed by atoms with Crippen LogP contribution in [0.2, 0.25) is 0 Å². The molecule has 0 atom stereocenters.